The highest BCUT2D eigenvalue weighted by molar-refractivity contribution is 5.85. The number of piperidine rings is 2. The lowest BCUT2D eigenvalue weighted by molar-refractivity contribution is -0.126. The van der Waals surface area contributed by atoms with Crippen molar-refractivity contribution < 1.29 is 4.79 Å². The Kier molecular flexibility index (Phi) is 8.15. The van der Waals surface area contributed by atoms with Crippen LogP contribution in [0.5, 0.6) is 0 Å². The van der Waals surface area contributed by atoms with E-state index < -0.39 is 0 Å². The Morgan fingerprint density at radius 2 is 1.86 bits per heavy atom. The van der Waals surface area contributed by atoms with Gasteiger partial charge in [-0.05, 0) is 51.5 Å². The van der Waals surface area contributed by atoms with E-state index in [1.165, 1.54) is 19.5 Å². The predicted molar refractivity (Wildman–Crippen MR) is 94.4 cm³/mol. The van der Waals surface area contributed by atoms with Gasteiger partial charge in [-0.2, -0.15) is 0 Å². The van der Waals surface area contributed by atoms with Gasteiger partial charge in [-0.3, -0.25) is 4.79 Å². The smallest absolute Gasteiger partial charge is 0.223 e. The van der Waals surface area contributed by atoms with Crippen LogP contribution >= 0.6 is 12.4 Å². The second kappa shape index (κ2) is 9.09. The van der Waals surface area contributed by atoms with Crippen LogP contribution in [0.2, 0.25) is 0 Å². The molecule has 4 nitrogen and oxygen atoms in total. The van der Waals surface area contributed by atoms with Crippen molar-refractivity contribution in [2.75, 3.05) is 26.2 Å². The van der Waals surface area contributed by atoms with E-state index in [4.69, 9.17) is 0 Å². The van der Waals surface area contributed by atoms with Crippen molar-refractivity contribution in [1.82, 2.24) is 15.5 Å². The Balaban J connectivity index is 0.00000242. The molecule has 2 N–H and O–H groups in total. The highest BCUT2D eigenvalue weighted by Crippen LogP contribution is 2.21. The van der Waals surface area contributed by atoms with Crippen molar-refractivity contribution in [2.45, 2.75) is 59.0 Å². The summed E-state index contributed by atoms with van der Waals surface area (Å²) in [6.07, 6.45) is 3.28. The van der Waals surface area contributed by atoms with Gasteiger partial charge in [0.05, 0.1) is 0 Å². The highest BCUT2D eigenvalue weighted by Gasteiger charge is 2.27. The van der Waals surface area contributed by atoms with Crippen molar-refractivity contribution in [2.24, 2.45) is 17.8 Å². The molecule has 0 bridgehead atoms. The number of amides is 1. The standard InChI is InChI=1S/C17H33N3O.ClH/c1-12-7-13(2)10-20(9-12)11-15(4)19-17(21)16-5-6-18-14(3)8-16;/h12-16,18H,5-11H2,1-4H3,(H,19,21);1H/t12?,13?,14-,15?,16-;/m0./s1. The second-order valence-electron chi connectivity index (χ2n) is 7.65. The lowest BCUT2D eigenvalue weighted by Crippen LogP contribution is -2.49. The molecule has 3 unspecified atom stereocenters. The summed E-state index contributed by atoms with van der Waals surface area (Å²) in [6, 6.07) is 0.716. The minimum atomic E-state index is 0. The molecule has 0 aromatic heterocycles. The summed E-state index contributed by atoms with van der Waals surface area (Å²) in [5.41, 5.74) is 0. The SMILES string of the molecule is CC1CC(C)CN(CC(C)NC(=O)[C@H]2CCN[C@@H](C)C2)C1.Cl. The van der Waals surface area contributed by atoms with E-state index in [0.717, 1.165) is 37.8 Å². The predicted octanol–water partition coefficient (Wildman–Crippen LogP) is 2.28. The number of carbonyl (C=O) groups is 1. The Labute approximate surface area is 142 Å². The molecule has 0 spiro atoms. The highest BCUT2D eigenvalue weighted by atomic mass is 35.5. The number of hydrogen-bond acceptors (Lipinski definition) is 3. The molecule has 0 saturated carbocycles. The first-order chi connectivity index (χ1) is 9.94. The summed E-state index contributed by atoms with van der Waals surface area (Å²) >= 11 is 0. The Morgan fingerprint density at radius 1 is 1.23 bits per heavy atom. The number of hydrogen-bond donors (Lipinski definition) is 2. The summed E-state index contributed by atoms with van der Waals surface area (Å²) in [6.45, 7) is 13.3. The molecule has 5 heteroatoms. The average Bonchev–Trinajstić information content (AvgIpc) is 2.37. The van der Waals surface area contributed by atoms with Gasteiger partial charge in [0.25, 0.3) is 0 Å². The molecule has 2 saturated heterocycles. The molecule has 0 aromatic rings. The van der Waals surface area contributed by atoms with E-state index in [1.54, 1.807) is 0 Å². The van der Waals surface area contributed by atoms with Crippen LogP contribution in [0.3, 0.4) is 0 Å². The molecule has 2 rings (SSSR count). The van der Waals surface area contributed by atoms with E-state index in [1.807, 2.05) is 0 Å². The van der Waals surface area contributed by atoms with Crippen LogP contribution in [0, 0.1) is 17.8 Å². The molecule has 22 heavy (non-hydrogen) atoms. The van der Waals surface area contributed by atoms with Gasteiger partial charge >= 0.3 is 0 Å². The zero-order chi connectivity index (χ0) is 15.4. The molecule has 2 heterocycles. The van der Waals surface area contributed by atoms with E-state index in [9.17, 15) is 4.79 Å². The van der Waals surface area contributed by atoms with Gasteiger partial charge in [0.15, 0.2) is 0 Å². The van der Waals surface area contributed by atoms with Crippen LogP contribution in [0.25, 0.3) is 0 Å². The van der Waals surface area contributed by atoms with Crippen molar-refractivity contribution in [3.63, 3.8) is 0 Å². The first-order valence-electron chi connectivity index (χ1n) is 8.70. The number of nitrogens with zero attached hydrogens (tertiary/aromatic N) is 1. The largest absolute Gasteiger partial charge is 0.352 e. The molecule has 2 fully saturated rings. The van der Waals surface area contributed by atoms with Crippen molar-refractivity contribution in [1.29, 1.82) is 0 Å². The average molecular weight is 332 g/mol. The fourth-order valence-electron chi connectivity index (χ4n) is 4.10. The van der Waals surface area contributed by atoms with Crippen LogP contribution in [0.4, 0.5) is 0 Å². The maximum Gasteiger partial charge on any atom is 0.223 e. The fraction of sp³-hybridized carbons (Fsp3) is 0.941. The molecule has 0 radical (unpaired) electrons. The Bertz CT molecular complexity index is 343. The molecule has 2 aliphatic heterocycles. The lowest BCUT2D eigenvalue weighted by Gasteiger charge is -2.37. The van der Waals surface area contributed by atoms with Crippen LogP contribution < -0.4 is 10.6 Å². The summed E-state index contributed by atoms with van der Waals surface area (Å²) in [5, 5.41) is 6.65. The number of nitrogens with one attached hydrogen (secondary N) is 2. The van der Waals surface area contributed by atoms with Crippen LogP contribution in [0.15, 0.2) is 0 Å². The van der Waals surface area contributed by atoms with Crippen molar-refractivity contribution in [3.05, 3.63) is 0 Å². The second-order valence-corrected chi connectivity index (χ2v) is 7.65. The molecule has 5 atom stereocenters. The fourth-order valence-corrected chi connectivity index (χ4v) is 4.10. The molecule has 0 aromatic carbocycles. The third-order valence-electron chi connectivity index (χ3n) is 4.86. The molecule has 1 amide bonds. The summed E-state index contributed by atoms with van der Waals surface area (Å²) in [4.78, 5) is 14.9. The van der Waals surface area contributed by atoms with Crippen LogP contribution in [-0.2, 0) is 4.79 Å². The number of halogens is 1. The third-order valence-corrected chi connectivity index (χ3v) is 4.86. The van der Waals surface area contributed by atoms with Crippen molar-refractivity contribution in [3.8, 4) is 0 Å². The van der Waals surface area contributed by atoms with Gasteiger partial charge in [-0.25, -0.2) is 0 Å². The normalized spacial score (nSPS) is 34.5. The maximum atomic E-state index is 12.4. The van der Waals surface area contributed by atoms with Gasteiger partial charge < -0.3 is 15.5 Å². The third kappa shape index (κ3) is 6.05. The van der Waals surface area contributed by atoms with Crippen LogP contribution in [-0.4, -0.2) is 49.1 Å². The first-order valence-corrected chi connectivity index (χ1v) is 8.70. The van der Waals surface area contributed by atoms with Gasteiger partial charge in [-0.15, -0.1) is 12.4 Å². The Morgan fingerprint density at radius 3 is 2.45 bits per heavy atom. The summed E-state index contributed by atoms with van der Waals surface area (Å²) < 4.78 is 0. The monoisotopic (exact) mass is 331 g/mol. The molecular formula is C17H34ClN3O. The summed E-state index contributed by atoms with van der Waals surface area (Å²) in [5.74, 6) is 2.01. The maximum absolute atomic E-state index is 12.4. The zero-order valence-corrected chi connectivity index (χ0v) is 15.4. The Hall–Kier alpha value is -0.320. The first kappa shape index (κ1) is 19.7. The lowest BCUT2D eigenvalue weighted by atomic mass is 9.91. The van der Waals surface area contributed by atoms with Crippen LogP contribution in [0.1, 0.15) is 47.0 Å². The van der Waals surface area contributed by atoms with Gasteiger partial charge in [0.1, 0.15) is 0 Å². The topological polar surface area (TPSA) is 44.4 Å². The van der Waals surface area contributed by atoms with E-state index >= 15 is 0 Å². The molecular weight excluding hydrogens is 298 g/mol. The van der Waals surface area contributed by atoms with E-state index in [0.29, 0.717) is 6.04 Å². The van der Waals surface area contributed by atoms with Gasteiger partial charge in [-0.1, -0.05) is 13.8 Å². The van der Waals surface area contributed by atoms with E-state index in [2.05, 4.69) is 43.2 Å². The molecule has 2 aliphatic rings. The van der Waals surface area contributed by atoms with Gasteiger partial charge in [0, 0.05) is 37.6 Å². The molecule has 0 aliphatic carbocycles. The minimum Gasteiger partial charge on any atom is -0.352 e. The summed E-state index contributed by atoms with van der Waals surface area (Å²) in [7, 11) is 0. The quantitative estimate of drug-likeness (QED) is 0.830. The zero-order valence-electron chi connectivity index (χ0n) is 14.6. The molecule has 130 valence electrons. The number of carbonyl (C=O) groups excluding carboxylic acids is 1. The minimum absolute atomic E-state index is 0. The van der Waals surface area contributed by atoms with Gasteiger partial charge in [0.2, 0.25) is 5.91 Å². The van der Waals surface area contributed by atoms with E-state index in [-0.39, 0.29) is 30.3 Å². The van der Waals surface area contributed by atoms with Crippen molar-refractivity contribution >= 4 is 18.3 Å². The number of likely N-dealkylation sites (tertiary alicyclic amines) is 1. The number of rotatable bonds is 4.